The fraction of sp³-hybridized carbons (Fsp3) is 0.409. The minimum absolute atomic E-state index is 0.0319. The third kappa shape index (κ3) is 2.24. The van der Waals surface area contributed by atoms with E-state index >= 15 is 0 Å². The number of fused-ring (bicyclic) bond motifs is 3. The molecule has 0 saturated carbocycles. The molecule has 0 N–H and O–H groups in total. The van der Waals surface area contributed by atoms with Gasteiger partial charge in [-0.2, -0.15) is 0 Å². The lowest BCUT2D eigenvalue weighted by Gasteiger charge is -2.38. The molecule has 0 aliphatic carbocycles. The molecule has 5 nitrogen and oxygen atoms in total. The molecule has 0 spiro atoms. The molecule has 27 heavy (non-hydrogen) atoms. The molecule has 0 saturated heterocycles. The minimum Gasteiger partial charge on any atom is -0.454 e. The van der Waals surface area contributed by atoms with Crippen LogP contribution in [0.2, 0.25) is 0 Å². The third-order valence-corrected chi connectivity index (χ3v) is 6.34. The monoisotopic (exact) mass is 365 g/mol. The molecule has 2 aromatic rings. The van der Waals surface area contributed by atoms with E-state index < -0.39 is 0 Å². The highest BCUT2D eigenvalue weighted by atomic mass is 16.7. The van der Waals surface area contributed by atoms with Crippen LogP contribution in [0.4, 0.5) is 0 Å². The van der Waals surface area contributed by atoms with Crippen LogP contribution in [0.3, 0.4) is 0 Å². The van der Waals surface area contributed by atoms with Gasteiger partial charge in [0.1, 0.15) is 6.10 Å². The van der Waals surface area contributed by atoms with Gasteiger partial charge in [-0.1, -0.05) is 12.1 Å². The number of hydrogen-bond donors (Lipinski definition) is 0. The Kier molecular flexibility index (Phi) is 3.53. The van der Waals surface area contributed by atoms with Gasteiger partial charge >= 0.3 is 5.97 Å². The molecule has 3 aliphatic heterocycles. The molecule has 2 aromatic carbocycles. The van der Waals surface area contributed by atoms with Gasteiger partial charge in [0.05, 0.1) is 11.6 Å². The predicted octanol–water partition coefficient (Wildman–Crippen LogP) is 3.78. The molecule has 0 aromatic heterocycles. The first-order valence-electron chi connectivity index (χ1n) is 9.40. The summed E-state index contributed by atoms with van der Waals surface area (Å²) in [7, 11) is 2.10. The van der Waals surface area contributed by atoms with Gasteiger partial charge in [0.15, 0.2) is 11.5 Å². The van der Waals surface area contributed by atoms with Crippen LogP contribution in [0.1, 0.15) is 55.9 Å². The number of esters is 1. The second-order valence-corrected chi connectivity index (χ2v) is 7.78. The number of likely N-dealkylation sites (N-methyl/N-ethyl adjacent to an activating group) is 1. The van der Waals surface area contributed by atoms with E-state index in [9.17, 15) is 4.79 Å². The van der Waals surface area contributed by atoms with E-state index in [1.807, 2.05) is 13.8 Å². The van der Waals surface area contributed by atoms with Crippen LogP contribution in [-0.2, 0) is 11.2 Å². The number of hydrogen-bond acceptors (Lipinski definition) is 5. The summed E-state index contributed by atoms with van der Waals surface area (Å²) in [5.41, 5.74) is 7.41. The number of cyclic esters (lactones) is 1. The van der Waals surface area contributed by atoms with Crippen molar-refractivity contribution in [1.82, 2.24) is 4.90 Å². The van der Waals surface area contributed by atoms with E-state index in [4.69, 9.17) is 14.2 Å². The van der Waals surface area contributed by atoms with E-state index in [0.717, 1.165) is 52.3 Å². The maximum Gasteiger partial charge on any atom is 0.339 e. The molecule has 0 bridgehead atoms. The Morgan fingerprint density at radius 3 is 2.74 bits per heavy atom. The third-order valence-electron chi connectivity index (χ3n) is 6.34. The van der Waals surface area contributed by atoms with Gasteiger partial charge in [-0.3, -0.25) is 4.90 Å². The van der Waals surface area contributed by atoms with Crippen molar-refractivity contribution < 1.29 is 19.0 Å². The molecule has 3 heterocycles. The number of carbonyl (C=O) groups is 1. The Bertz CT molecular complexity index is 981. The number of nitrogens with zero attached hydrogens (tertiary/aromatic N) is 1. The molecule has 0 unspecified atom stereocenters. The Morgan fingerprint density at radius 1 is 1.11 bits per heavy atom. The first kappa shape index (κ1) is 16.6. The zero-order valence-electron chi connectivity index (χ0n) is 16.1. The molecule has 5 rings (SSSR count). The van der Waals surface area contributed by atoms with E-state index in [1.165, 1.54) is 11.1 Å². The summed E-state index contributed by atoms with van der Waals surface area (Å²) in [6.45, 7) is 7.28. The second kappa shape index (κ2) is 5.73. The summed E-state index contributed by atoms with van der Waals surface area (Å²) in [6.07, 6.45) is 0.634. The Hall–Kier alpha value is -2.53. The van der Waals surface area contributed by atoms with Crippen LogP contribution in [0.25, 0.3) is 0 Å². The van der Waals surface area contributed by atoms with Gasteiger partial charge in [-0.15, -0.1) is 0 Å². The molecule has 0 radical (unpaired) electrons. The SMILES string of the molecule is Cc1ccc2c(c1C)C(=O)O[C@@H]2[C@H]1c2c(cc3c(c2C)OCO3)CCN1C. The summed E-state index contributed by atoms with van der Waals surface area (Å²) >= 11 is 0. The lowest BCUT2D eigenvalue weighted by Crippen LogP contribution is -2.36. The normalized spacial score (nSPS) is 23.2. The number of ether oxygens (including phenoxy) is 3. The summed E-state index contributed by atoms with van der Waals surface area (Å²) < 4.78 is 17.3. The molecular weight excluding hydrogens is 342 g/mol. The first-order chi connectivity index (χ1) is 13.0. The Labute approximate surface area is 158 Å². The van der Waals surface area contributed by atoms with Crippen molar-refractivity contribution in [2.45, 2.75) is 39.3 Å². The van der Waals surface area contributed by atoms with Crippen LogP contribution < -0.4 is 9.47 Å². The molecule has 3 aliphatic rings. The van der Waals surface area contributed by atoms with Crippen molar-refractivity contribution in [2.75, 3.05) is 20.4 Å². The van der Waals surface area contributed by atoms with Gasteiger partial charge in [0.25, 0.3) is 0 Å². The van der Waals surface area contributed by atoms with Crippen LogP contribution in [0.5, 0.6) is 11.5 Å². The largest absolute Gasteiger partial charge is 0.454 e. The smallest absolute Gasteiger partial charge is 0.339 e. The Morgan fingerprint density at radius 2 is 1.93 bits per heavy atom. The molecule has 2 atom stereocenters. The van der Waals surface area contributed by atoms with Crippen LogP contribution in [-0.4, -0.2) is 31.3 Å². The van der Waals surface area contributed by atoms with Gasteiger partial charge in [-0.25, -0.2) is 4.79 Å². The highest BCUT2D eigenvalue weighted by Gasteiger charge is 2.44. The van der Waals surface area contributed by atoms with Crippen LogP contribution >= 0.6 is 0 Å². The quantitative estimate of drug-likeness (QED) is 0.720. The summed E-state index contributed by atoms with van der Waals surface area (Å²) in [4.78, 5) is 15.0. The molecule has 0 fully saturated rings. The van der Waals surface area contributed by atoms with Crippen molar-refractivity contribution in [2.24, 2.45) is 0 Å². The predicted molar refractivity (Wildman–Crippen MR) is 100 cm³/mol. The zero-order valence-corrected chi connectivity index (χ0v) is 16.1. The second-order valence-electron chi connectivity index (χ2n) is 7.78. The molecule has 140 valence electrons. The van der Waals surface area contributed by atoms with E-state index in [-0.39, 0.29) is 24.9 Å². The summed E-state index contributed by atoms with van der Waals surface area (Å²) in [5.74, 6) is 1.43. The first-order valence-corrected chi connectivity index (χ1v) is 9.40. The fourth-order valence-electron chi connectivity index (χ4n) is 4.76. The van der Waals surface area contributed by atoms with Crippen molar-refractivity contribution in [1.29, 1.82) is 0 Å². The van der Waals surface area contributed by atoms with E-state index in [2.05, 4.69) is 37.1 Å². The van der Waals surface area contributed by atoms with Gasteiger partial charge < -0.3 is 14.2 Å². The van der Waals surface area contributed by atoms with Gasteiger partial charge in [-0.05, 0) is 62.6 Å². The fourth-order valence-corrected chi connectivity index (χ4v) is 4.76. The minimum atomic E-state index is -0.310. The standard InChI is InChI=1S/C22H23NO4/c1-11-5-6-15-18(12(11)2)22(24)27-21(15)19-17-13(3)20-16(25-10-26-20)9-14(17)7-8-23(19)4/h5-6,9,19,21H,7-8,10H2,1-4H3/t19-,21+/m1/s1. The number of aryl methyl sites for hydroxylation is 1. The van der Waals surface area contributed by atoms with Crippen molar-refractivity contribution in [3.8, 4) is 11.5 Å². The summed E-state index contributed by atoms with van der Waals surface area (Å²) in [5, 5.41) is 0. The maximum absolute atomic E-state index is 12.7. The molecular formula is C22H23NO4. The number of rotatable bonds is 1. The molecule has 5 heteroatoms. The van der Waals surface area contributed by atoms with E-state index in [1.54, 1.807) is 0 Å². The average molecular weight is 365 g/mol. The highest BCUT2D eigenvalue weighted by Crippen LogP contribution is 2.50. The van der Waals surface area contributed by atoms with Gasteiger partial charge in [0, 0.05) is 17.7 Å². The lowest BCUT2D eigenvalue weighted by molar-refractivity contribution is 0.00924. The van der Waals surface area contributed by atoms with Crippen LogP contribution in [0.15, 0.2) is 18.2 Å². The van der Waals surface area contributed by atoms with Crippen molar-refractivity contribution >= 4 is 5.97 Å². The number of benzene rings is 2. The maximum atomic E-state index is 12.7. The van der Waals surface area contributed by atoms with Gasteiger partial charge in [0.2, 0.25) is 6.79 Å². The highest BCUT2D eigenvalue weighted by molar-refractivity contribution is 5.96. The van der Waals surface area contributed by atoms with E-state index in [0.29, 0.717) is 0 Å². The number of carbonyl (C=O) groups excluding carboxylic acids is 1. The van der Waals surface area contributed by atoms with Crippen LogP contribution in [0, 0.1) is 20.8 Å². The average Bonchev–Trinajstić information content (AvgIpc) is 3.24. The molecule has 0 amide bonds. The zero-order chi connectivity index (χ0) is 18.9. The topological polar surface area (TPSA) is 48.0 Å². The van der Waals surface area contributed by atoms with Crippen molar-refractivity contribution in [3.63, 3.8) is 0 Å². The lowest BCUT2D eigenvalue weighted by atomic mass is 9.83. The van der Waals surface area contributed by atoms with Crippen molar-refractivity contribution in [3.05, 3.63) is 57.1 Å². The summed E-state index contributed by atoms with van der Waals surface area (Å²) in [6, 6.07) is 6.20. The Balaban J connectivity index is 1.69.